The predicted octanol–water partition coefficient (Wildman–Crippen LogP) is 13.0. The molecule has 401 valence electrons. The van der Waals surface area contributed by atoms with E-state index in [-0.39, 0.29) is 84.9 Å². The summed E-state index contributed by atoms with van der Waals surface area (Å²) in [5.74, 6) is 0.319. The van der Waals surface area contributed by atoms with Crippen molar-refractivity contribution in [1.82, 2.24) is 0 Å². The van der Waals surface area contributed by atoms with Gasteiger partial charge in [0.1, 0.15) is 10.6 Å². The van der Waals surface area contributed by atoms with Gasteiger partial charge in [-0.3, -0.25) is 0 Å². The van der Waals surface area contributed by atoms with Crippen molar-refractivity contribution in [3.05, 3.63) is 154 Å². The molecule has 0 heterocycles. The molecule has 6 aromatic rings. The third-order valence-electron chi connectivity index (χ3n) is 14.3. The molecule has 0 saturated carbocycles. The molecular formula is C68H92O4P2V+2. The molecule has 6 aromatic carbocycles. The predicted molar refractivity (Wildman–Crippen MR) is 320 cm³/mol. The molecule has 0 atom stereocenters. The van der Waals surface area contributed by atoms with Crippen molar-refractivity contribution in [3.8, 4) is 23.0 Å². The topological polar surface area (TPSA) is 92.2 Å². The molecule has 0 amide bonds. The summed E-state index contributed by atoms with van der Waals surface area (Å²) in [5.41, 5.74) is 6.12. The van der Waals surface area contributed by atoms with Crippen LogP contribution in [0.1, 0.15) is 211 Å². The van der Waals surface area contributed by atoms with E-state index in [1.807, 2.05) is 36.4 Å². The van der Waals surface area contributed by atoms with Crippen LogP contribution in [0.25, 0.3) is 0 Å². The molecule has 0 aliphatic carbocycles. The van der Waals surface area contributed by atoms with Crippen LogP contribution in [0.5, 0.6) is 23.0 Å². The van der Waals surface area contributed by atoms with Crippen LogP contribution in [-0.4, -0.2) is 0 Å². The summed E-state index contributed by atoms with van der Waals surface area (Å²) in [5, 5.41) is 62.4. The average molecular weight is 1090 g/mol. The first-order valence-corrected chi connectivity index (χ1v) is 29.8. The summed E-state index contributed by atoms with van der Waals surface area (Å²) in [6, 6.07) is 37.3. The standard InChI is InChI=1S/2C34H47O2P.V/c2*1-31(2,3)22-18-25(33(7,8)9)29(35)27(20-22)37(24-16-14-13-15-17-24)28-21-23(32(4,5)6)19-26(30(28)36)34(10,11)12;/h2*13-21,35-36H,1-12H3;/q;;+4/p-2. The Labute approximate surface area is 470 Å². The zero-order chi connectivity index (χ0) is 56.3. The molecule has 7 heteroatoms. The molecule has 0 aliphatic heterocycles. The van der Waals surface area contributed by atoms with E-state index in [9.17, 15) is 20.4 Å². The van der Waals surface area contributed by atoms with E-state index >= 15 is 0 Å². The SMILES string of the molecule is CC(C)(C)c1cc([PH+](c2ccccc2)c2cc(C(C)(C)C)cc(C(C)(C)C)c2[O-])c([O-])c(C(C)(C)C)c1.CC(C)(C)c1cc([PH+](c2ccccc2)c2cc(C(C)(C)C)cc(C(C)(C)C)c2[O-])c([O-])c(C(C)(C)C)c1.[V+4]. The van der Waals surface area contributed by atoms with Crippen molar-refractivity contribution >= 4 is 47.7 Å². The molecule has 0 N–H and O–H groups in total. The Morgan fingerprint density at radius 3 is 0.573 bits per heavy atom. The molecule has 0 aromatic heterocycles. The van der Waals surface area contributed by atoms with E-state index in [4.69, 9.17) is 0 Å². The Hall–Kier alpha value is -4.04. The minimum Gasteiger partial charge on any atom is -0.870 e. The second-order valence-electron chi connectivity index (χ2n) is 29.1. The third kappa shape index (κ3) is 14.8. The molecule has 0 fully saturated rings. The van der Waals surface area contributed by atoms with Crippen LogP contribution in [0.15, 0.2) is 109 Å². The summed E-state index contributed by atoms with van der Waals surface area (Å²) in [6.07, 6.45) is 0. The molecule has 4 nitrogen and oxygen atoms in total. The fraction of sp³-hybridized carbons (Fsp3) is 0.471. The van der Waals surface area contributed by atoms with Gasteiger partial charge >= 0.3 is 18.6 Å². The average Bonchev–Trinajstić information content (AvgIpc) is 3.23. The molecule has 0 bridgehead atoms. The van der Waals surface area contributed by atoms with E-state index in [2.05, 4.69) is 239 Å². The van der Waals surface area contributed by atoms with E-state index < -0.39 is 15.8 Å². The van der Waals surface area contributed by atoms with Gasteiger partial charge in [-0.05, 0) is 136 Å². The molecule has 0 unspecified atom stereocenters. The number of rotatable bonds is 6. The van der Waals surface area contributed by atoms with Crippen LogP contribution in [0.4, 0.5) is 0 Å². The molecular weight excluding hydrogens is 994 g/mol. The van der Waals surface area contributed by atoms with Gasteiger partial charge in [0, 0.05) is 0 Å². The van der Waals surface area contributed by atoms with Gasteiger partial charge in [0.25, 0.3) is 0 Å². The largest absolute Gasteiger partial charge is 4.00 e. The van der Waals surface area contributed by atoms with Crippen molar-refractivity contribution < 1.29 is 39.0 Å². The van der Waals surface area contributed by atoms with Crippen LogP contribution < -0.4 is 52.3 Å². The Morgan fingerprint density at radius 2 is 0.427 bits per heavy atom. The van der Waals surface area contributed by atoms with Crippen LogP contribution in [0.2, 0.25) is 0 Å². The maximum absolute atomic E-state index is 14.3. The third-order valence-corrected chi connectivity index (χ3v) is 19.7. The van der Waals surface area contributed by atoms with Crippen LogP contribution in [0.3, 0.4) is 0 Å². The fourth-order valence-electron chi connectivity index (χ4n) is 9.34. The van der Waals surface area contributed by atoms with E-state index in [1.54, 1.807) is 0 Å². The van der Waals surface area contributed by atoms with Gasteiger partial charge in [0.15, 0.2) is 0 Å². The van der Waals surface area contributed by atoms with E-state index in [1.165, 1.54) is 0 Å². The second-order valence-corrected chi connectivity index (χ2v) is 33.9. The van der Waals surface area contributed by atoms with E-state index in [0.717, 1.165) is 76.3 Å². The summed E-state index contributed by atoms with van der Waals surface area (Å²) < 4.78 is 0. The van der Waals surface area contributed by atoms with Crippen molar-refractivity contribution in [2.75, 3.05) is 0 Å². The van der Waals surface area contributed by atoms with Crippen molar-refractivity contribution in [3.63, 3.8) is 0 Å². The van der Waals surface area contributed by atoms with Gasteiger partial charge in [-0.2, -0.15) is 0 Å². The summed E-state index contributed by atoms with van der Waals surface area (Å²) in [4.78, 5) is 0. The van der Waals surface area contributed by atoms with Gasteiger partial charge < -0.3 is 20.4 Å². The van der Waals surface area contributed by atoms with Gasteiger partial charge in [0.05, 0.1) is 37.1 Å². The molecule has 0 aliphatic rings. The first kappa shape index (κ1) is 63.5. The normalized spacial score (nSPS) is 13.1. The Balaban J connectivity index is 0.000000320. The quantitative estimate of drug-likeness (QED) is 0.155. The number of hydrogen-bond acceptors (Lipinski definition) is 4. The van der Waals surface area contributed by atoms with Crippen molar-refractivity contribution in [1.29, 1.82) is 0 Å². The zero-order valence-electron chi connectivity index (χ0n) is 50.5. The summed E-state index contributed by atoms with van der Waals surface area (Å²) in [6.45, 7) is 51.5. The fourth-order valence-corrected chi connectivity index (χ4v) is 14.9. The van der Waals surface area contributed by atoms with Crippen molar-refractivity contribution in [2.24, 2.45) is 0 Å². The second kappa shape index (κ2) is 22.4. The number of hydrogen-bond donors (Lipinski definition) is 0. The first-order chi connectivity index (χ1) is 33.5. The Kier molecular flexibility index (Phi) is 18.9. The smallest absolute Gasteiger partial charge is 0.870 e. The van der Waals surface area contributed by atoms with Crippen LogP contribution in [-0.2, 0) is 61.9 Å². The minimum absolute atomic E-state index is 0. The van der Waals surface area contributed by atoms with Crippen LogP contribution in [0, 0.1) is 0 Å². The summed E-state index contributed by atoms with van der Waals surface area (Å²) >= 11 is 0. The molecule has 0 saturated heterocycles. The molecule has 75 heavy (non-hydrogen) atoms. The van der Waals surface area contributed by atoms with Gasteiger partial charge in [0.2, 0.25) is 0 Å². The van der Waals surface area contributed by atoms with Gasteiger partial charge in [-0.15, -0.1) is 0 Å². The maximum atomic E-state index is 14.3. The van der Waals surface area contributed by atoms with Gasteiger partial charge in [-0.25, -0.2) is 0 Å². The number of benzene rings is 6. The Bertz CT molecular complexity index is 2570. The monoisotopic (exact) mass is 1090 g/mol. The van der Waals surface area contributed by atoms with Gasteiger partial charge in [-0.1, -0.05) is 250 Å². The Morgan fingerprint density at radius 1 is 0.253 bits per heavy atom. The molecule has 6 rings (SSSR count). The summed E-state index contributed by atoms with van der Waals surface area (Å²) in [7, 11) is -3.78. The van der Waals surface area contributed by atoms with Crippen molar-refractivity contribution in [2.45, 2.75) is 209 Å². The molecule has 1 radical (unpaired) electrons. The molecule has 0 spiro atoms. The first-order valence-electron chi connectivity index (χ1n) is 26.8. The maximum Gasteiger partial charge on any atom is 4.00 e. The van der Waals surface area contributed by atoms with Crippen LogP contribution >= 0.6 is 15.8 Å². The van der Waals surface area contributed by atoms with E-state index in [0.29, 0.717) is 0 Å². The zero-order valence-corrected chi connectivity index (χ0v) is 53.9. The minimum atomic E-state index is -1.89.